The number of nitrogens with one attached hydrogen (secondary N) is 1. The number of aromatic nitrogens is 4. The van der Waals surface area contributed by atoms with Crippen molar-refractivity contribution in [2.45, 2.75) is 26.1 Å². The van der Waals surface area contributed by atoms with Gasteiger partial charge in [0.15, 0.2) is 5.65 Å². The fourth-order valence-corrected chi connectivity index (χ4v) is 3.17. The fourth-order valence-electron chi connectivity index (χ4n) is 3.17. The molecule has 2 aromatic heterocycles. The van der Waals surface area contributed by atoms with Gasteiger partial charge in [-0.2, -0.15) is 17.7 Å². The molecular weight excluding hydrogens is 383 g/mol. The Bertz CT molecular complexity index is 1210. The molecule has 4 rings (SSSR count). The molecule has 29 heavy (non-hydrogen) atoms. The van der Waals surface area contributed by atoms with E-state index in [4.69, 9.17) is 0 Å². The minimum Gasteiger partial charge on any atom is -0.350 e. The van der Waals surface area contributed by atoms with Crippen molar-refractivity contribution in [3.8, 4) is 11.1 Å². The molecule has 0 unspecified atom stereocenters. The van der Waals surface area contributed by atoms with Gasteiger partial charge in [0.25, 0.3) is 5.91 Å². The summed E-state index contributed by atoms with van der Waals surface area (Å²) in [6.45, 7) is 3.73. The van der Waals surface area contributed by atoms with Gasteiger partial charge in [0, 0.05) is 28.8 Å². The number of fused-ring (bicyclic) bond motifs is 3. The number of pyridine rings is 1. The molecule has 1 amide bonds. The van der Waals surface area contributed by atoms with Gasteiger partial charge in [0.2, 0.25) is 0 Å². The molecule has 0 spiro atoms. The van der Waals surface area contributed by atoms with Crippen LogP contribution in [-0.2, 0) is 6.18 Å². The first-order valence-corrected chi connectivity index (χ1v) is 8.87. The predicted molar refractivity (Wildman–Crippen MR) is 101 cm³/mol. The van der Waals surface area contributed by atoms with E-state index in [2.05, 4.69) is 20.8 Å². The van der Waals surface area contributed by atoms with Gasteiger partial charge >= 0.3 is 6.18 Å². The highest BCUT2D eigenvalue weighted by atomic mass is 19.4. The van der Waals surface area contributed by atoms with Crippen LogP contribution in [-0.4, -0.2) is 32.0 Å². The molecule has 0 radical (unpaired) electrons. The Morgan fingerprint density at radius 3 is 2.45 bits per heavy atom. The van der Waals surface area contributed by atoms with Crippen LogP contribution in [0.15, 0.2) is 48.7 Å². The lowest BCUT2D eigenvalue weighted by Gasteiger charge is -2.12. The highest BCUT2D eigenvalue weighted by molar-refractivity contribution is 6.07. The number of halogens is 3. The average Bonchev–Trinajstić information content (AvgIpc) is 3.14. The molecule has 0 aliphatic rings. The molecule has 0 saturated carbocycles. The summed E-state index contributed by atoms with van der Waals surface area (Å²) in [5, 5.41) is 15.8. The largest absolute Gasteiger partial charge is 0.416 e. The highest BCUT2D eigenvalue weighted by Gasteiger charge is 2.30. The van der Waals surface area contributed by atoms with E-state index in [1.165, 1.54) is 16.6 Å². The van der Waals surface area contributed by atoms with Crippen molar-refractivity contribution in [1.82, 2.24) is 25.4 Å². The third-order valence-corrected chi connectivity index (χ3v) is 4.50. The Hall–Kier alpha value is -3.49. The summed E-state index contributed by atoms with van der Waals surface area (Å²) in [6.07, 6.45) is -2.74. The highest BCUT2D eigenvalue weighted by Crippen LogP contribution is 2.34. The van der Waals surface area contributed by atoms with Gasteiger partial charge in [-0.3, -0.25) is 4.79 Å². The van der Waals surface area contributed by atoms with Crippen LogP contribution in [0.1, 0.15) is 29.8 Å². The number of carbonyl (C=O) groups is 1. The summed E-state index contributed by atoms with van der Waals surface area (Å²) >= 11 is 0. The van der Waals surface area contributed by atoms with Gasteiger partial charge in [-0.15, -0.1) is 5.10 Å². The summed E-state index contributed by atoms with van der Waals surface area (Å²) in [5.41, 5.74) is 1.42. The van der Waals surface area contributed by atoms with Crippen LogP contribution in [0.4, 0.5) is 13.2 Å². The number of carbonyl (C=O) groups excluding carboxylic acids is 1. The van der Waals surface area contributed by atoms with Crippen LogP contribution in [0.3, 0.4) is 0 Å². The van der Waals surface area contributed by atoms with Crippen LogP contribution in [0, 0.1) is 0 Å². The number of nitrogens with zero attached hydrogens (tertiary/aromatic N) is 4. The van der Waals surface area contributed by atoms with Crippen molar-refractivity contribution >= 4 is 22.3 Å². The van der Waals surface area contributed by atoms with Gasteiger partial charge < -0.3 is 5.32 Å². The summed E-state index contributed by atoms with van der Waals surface area (Å²) in [7, 11) is 0. The summed E-state index contributed by atoms with van der Waals surface area (Å²) in [4.78, 5) is 12.4. The molecule has 0 aliphatic carbocycles. The van der Waals surface area contributed by atoms with Crippen molar-refractivity contribution in [2.75, 3.05) is 0 Å². The van der Waals surface area contributed by atoms with E-state index in [1.807, 2.05) is 13.8 Å². The molecule has 0 bridgehead atoms. The third-order valence-electron chi connectivity index (χ3n) is 4.50. The van der Waals surface area contributed by atoms with Crippen LogP contribution in [0.25, 0.3) is 27.5 Å². The number of amides is 1. The topological polar surface area (TPSA) is 72.2 Å². The summed E-state index contributed by atoms with van der Waals surface area (Å²) in [5.74, 6) is -0.229. The van der Waals surface area contributed by atoms with Crippen molar-refractivity contribution < 1.29 is 18.0 Å². The number of hydrogen-bond acceptors (Lipinski definition) is 4. The van der Waals surface area contributed by atoms with E-state index < -0.39 is 11.7 Å². The standard InChI is InChI=1S/C20H16F3N5O/c1-11(2)24-19(29)13-5-8-15-16(9-13)18-25-26-27-28(18)10-17(15)12-3-6-14(7-4-12)20(21,22)23/h3-11H,1-2H3,(H,24,29). The minimum atomic E-state index is -4.40. The van der Waals surface area contributed by atoms with Gasteiger partial charge in [-0.05, 0) is 59.5 Å². The lowest BCUT2D eigenvalue weighted by Crippen LogP contribution is -2.30. The lowest BCUT2D eigenvalue weighted by atomic mass is 9.98. The third kappa shape index (κ3) is 3.51. The quantitative estimate of drug-likeness (QED) is 0.563. The average molecular weight is 399 g/mol. The van der Waals surface area contributed by atoms with Crippen LogP contribution in [0.5, 0.6) is 0 Å². The predicted octanol–water partition coefficient (Wildman–Crippen LogP) is 4.10. The Labute approximate surface area is 163 Å². The van der Waals surface area contributed by atoms with E-state index in [0.717, 1.165) is 17.5 Å². The lowest BCUT2D eigenvalue weighted by molar-refractivity contribution is -0.137. The molecule has 9 heteroatoms. The zero-order valence-corrected chi connectivity index (χ0v) is 15.5. The second-order valence-electron chi connectivity index (χ2n) is 6.95. The maximum absolute atomic E-state index is 12.9. The van der Waals surface area contributed by atoms with Gasteiger partial charge in [-0.25, -0.2) is 0 Å². The molecule has 6 nitrogen and oxygen atoms in total. The maximum Gasteiger partial charge on any atom is 0.416 e. The van der Waals surface area contributed by atoms with Crippen molar-refractivity contribution in [2.24, 2.45) is 0 Å². The van der Waals surface area contributed by atoms with E-state index in [1.54, 1.807) is 24.4 Å². The molecule has 2 heterocycles. The molecule has 0 atom stereocenters. The zero-order chi connectivity index (χ0) is 20.8. The van der Waals surface area contributed by atoms with Crippen molar-refractivity contribution in [3.63, 3.8) is 0 Å². The van der Waals surface area contributed by atoms with E-state index in [-0.39, 0.29) is 11.9 Å². The van der Waals surface area contributed by atoms with Gasteiger partial charge in [0.05, 0.1) is 5.56 Å². The van der Waals surface area contributed by atoms with E-state index in [0.29, 0.717) is 27.7 Å². The first-order chi connectivity index (χ1) is 13.7. The number of alkyl halides is 3. The molecule has 0 aliphatic heterocycles. The molecule has 4 aromatic rings. The Morgan fingerprint density at radius 1 is 1.07 bits per heavy atom. The van der Waals surface area contributed by atoms with Gasteiger partial charge in [-0.1, -0.05) is 18.2 Å². The number of benzene rings is 2. The zero-order valence-electron chi connectivity index (χ0n) is 15.5. The van der Waals surface area contributed by atoms with Gasteiger partial charge in [0.1, 0.15) is 0 Å². The normalized spacial score (nSPS) is 12.1. The molecule has 2 aromatic carbocycles. The Morgan fingerprint density at radius 2 is 1.79 bits per heavy atom. The van der Waals surface area contributed by atoms with E-state index in [9.17, 15) is 18.0 Å². The number of tetrazole rings is 1. The monoisotopic (exact) mass is 399 g/mol. The first kappa shape index (κ1) is 18.9. The second kappa shape index (κ2) is 6.84. The van der Waals surface area contributed by atoms with Crippen LogP contribution < -0.4 is 5.32 Å². The molecule has 148 valence electrons. The summed E-state index contributed by atoms with van der Waals surface area (Å²) < 4.78 is 40.1. The number of hydrogen-bond donors (Lipinski definition) is 1. The van der Waals surface area contributed by atoms with Crippen LogP contribution >= 0.6 is 0 Å². The van der Waals surface area contributed by atoms with Crippen LogP contribution in [0.2, 0.25) is 0 Å². The maximum atomic E-state index is 12.9. The Kier molecular flexibility index (Phi) is 4.45. The smallest absolute Gasteiger partial charge is 0.350 e. The molecule has 0 fully saturated rings. The molecule has 1 N–H and O–H groups in total. The second-order valence-corrected chi connectivity index (χ2v) is 6.95. The SMILES string of the molecule is CC(C)NC(=O)c1ccc2c(-c3ccc(C(F)(F)F)cc3)cn3nnnc3c2c1. The van der Waals surface area contributed by atoms with E-state index >= 15 is 0 Å². The summed E-state index contributed by atoms with van der Waals surface area (Å²) in [6, 6.07) is 9.99. The fraction of sp³-hybridized carbons (Fsp3) is 0.200. The molecule has 0 saturated heterocycles. The van der Waals surface area contributed by atoms with Crippen molar-refractivity contribution in [1.29, 1.82) is 0 Å². The minimum absolute atomic E-state index is 0.0218. The molecular formula is C20H16F3N5O. The number of rotatable bonds is 3. The Balaban J connectivity index is 1.89. The van der Waals surface area contributed by atoms with Crippen molar-refractivity contribution in [3.05, 3.63) is 59.8 Å². The first-order valence-electron chi connectivity index (χ1n) is 8.87.